The van der Waals surface area contributed by atoms with E-state index in [2.05, 4.69) is 20.6 Å². The highest BCUT2D eigenvalue weighted by Crippen LogP contribution is 2.36. The SMILES string of the molecule is Oc1ccc(CCc2cc3oc(-c4nn[nH]n4)cc3cc2F)cc1C(F)(F)F. The summed E-state index contributed by atoms with van der Waals surface area (Å²) >= 11 is 0. The van der Waals surface area contributed by atoms with Crippen LogP contribution in [0.5, 0.6) is 5.75 Å². The average Bonchev–Trinajstić information content (AvgIpc) is 3.29. The third kappa shape index (κ3) is 3.40. The Morgan fingerprint density at radius 3 is 2.61 bits per heavy atom. The number of phenolic OH excluding ortho intramolecular Hbond substituents is 1. The summed E-state index contributed by atoms with van der Waals surface area (Å²) in [6, 6.07) is 7.59. The van der Waals surface area contributed by atoms with Gasteiger partial charge in [0, 0.05) is 5.39 Å². The molecule has 0 aliphatic heterocycles. The lowest BCUT2D eigenvalue weighted by Gasteiger charge is -2.11. The molecule has 0 fully saturated rings. The van der Waals surface area contributed by atoms with E-state index < -0.39 is 23.3 Å². The molecule has 2 aromatic carbocycles. The summed E-state index contributed by atoms with van der Waals surface area (Å²) in [4.78, 5) is 0. The van der Waals surface area contributed by atoms with E-state index in [1.165, 1.54) is 18.2 Å². The van der Waals surface area contributed by atoms with Gasteiger partial charge in [-0.15, -0.1) is 10.2 Å². The molecule has 10 heteroatoms. The Balaban J connectivity index is 1.59. The number of tetrazole rings is 1. The van der Waals surface area contributed by atoms with E-state index in [4.69, 9.17) is 4.42 Å². The number of nitrogens with one attached hydrogen (secondary N) is 1. The number of halogens is 4. The van der Waals surface area contributed by atoms with Gasteiger partial charge in [-0.1, -0.05) is 6.07 Å². The van der Waals surface area contributed by atoms with Crippen molar-refractivity contribution >= 4 is 11.0 Å². The Hall–Kier alpha value is -3.43. The predicted octanol–water partition coefficient (Wildman–Crippen LogP) is 4.26. The van der Waals surface area contributed by atoms with Crippen LogP contribution in [0.4, 0.5) is 17.6 Å². The zero-order valence-electron chi connectivity index (χ0n) is 14.1. The van der Waals surface area contributed by atoms with Crippen molar-refractivity contribution in [3.05, 3.63) is 58.9 Å². The van der Waals surface area contributed by atoms with Gasteiger partial charge in [0.15, 0.2) is 5.76 Å². The molecule has 0 bridgehead atoms. The number of alkyl halides is 3. The number of furan rings is 1. The second-order valence-electron chi connectivity index (χ2n) is 6.18. The number of nitrogens with zero attached hydrogens (tertiary/aromatic N) is 3. The Kier molecular flexibility index (Phi) is 4.25. The van der Waals surface area contributed by atoms with Crippen LogP contribution in [0, 0.1) is 5.82 Å². The zero-order valence-corrected chi connectivity index (χ0v) is 14.1. The molecule has 0 aliphatic carbocycles. The first-order chi connectivity index (χ1) is 13.3. The molecule has 2 heterocycles. The fourth-order valence-corrected chi connectivity index (χ4v) is 2.91. The fourth-order valence-electron chi connectivity index (χ4n) is 2.91. The van der Waals surface area contributed by atoms with Gasteiger partial charge < -0.3 is 9.52 Å². The lowest BCUT2D eigenvalue weighted by molar-refractivity contribution is -0.138. The normalized spacial score (nSPS) is 12.0. The monoisotopic (exact) mass is 392 g/mol. The molecule has 0 saturated carbocycles. The van der Waals surface area contributed by atoms with Crippen molar-refractivity contribution in [1.82, 2.24) is 20.6 Å². The quantitative estimate of drug-likeness (QED) is 0.507. The minimum atomic E-state index is -4.66. The molecule has 2 N–H and O–H groups in total. The van der Waals surface area contributed by atoms with Crippen molar-refractivity contribution < 1.29 is 27.1 Å². The predicted molar refractivity (Wildman–Crippen MR) is 89.9 cm³/mol. The molecule has 4 rings (SSSR count). The molecule has 6 nitrogen and oxygen atoms in total. The smallest absolute Gasteiger partial charge is 0.419 e. The molecule has 2 aromatic heterocycles. The summed E-state index contributed by atoms with van der Waals surface area (Å²) in [5, 5.41) is 23.2. The molecule has 0 radical (unpaired) electrons. The van der Waals surface area contributed by atoms with Crippen molar-refractivity contribution in [2.24, 2.45) is 0 Å². The van der Waals surface area contributed by atoms with Crippen molar-refractivity contribution in [3.63, 3.8) is 0 Å². The number of hydrogen-bond donors (Lipinski definition) is 2. The van der Waals surface area contributed by atoms with Crippen LogP contribution in [0.15, 0.2) is 40.8 Å². The van der Waals surface area contributed by atoms with Crippen LogP contribution in [0.3, 0.4) is 0 Å². The molecule has 0 saturated heterocycles. The van der Waals surface area contributed by atoms with E-state index in [-0.39, 0.29) is 18.7 Å². The number of aromatic hydroxyl groups is 1. The maximum absolute atomic E-state index is 14.4. The molecule has 0 aliphatic rings. The minimum Gasteiger partial charge on any atom is -0.507 e. The first kappa shape index (κ1) is 18.0. The lowest BCUT2D eigenvalue weighted by Crippen LogP contribution is -2.06. The van der Waals surface area contributed by atoms with Gasteiger partial charge >= 0.3 is 6.18 Å². The van der Waals surface area contributed by atoms with Gasteiger partial charge in [-0.3, -0.25) is 0 Å². The van der Waals surface area contributed by atoms with Crippen LogP contribution >= 0.6 is 0 Å². The first-order valence-corrected chi connectivity index (χ1v) is 8.16. The fraction of sp³-hybridized carbons (Fsp3) is 0.167. The number of aryl methyl sites for hydroxylation is 2. The summed E-state index contributed by atoms with van der Waals surface area (Å²) in [7, 11) is 0. The number of hydrogen-bond acceptors (Lipinski definition) is 5. The largest absolute Gasteiger partial charge is 0.507 e. The Labute approximate surface area is 154 Å². The molecule has 0 unspecified atom stereocenters. The van der Waals surface area contributed by atoms with Crippen LogP contribution < -0.4 is 0 Å². The van der Waals surface area contributed by atoms with Gasteiger partial charge in [-0.05, 0) is 59.5 Å². The highest BCUT2D eigenvalue weighted by Gasteiger charge is 2.33. The van der Waals surface area contributed by atoms with Gasteiger partial charge in [0.05, 0.1) is 5.56 Å². The summed E-state index contributed by atoms with van der Waals surface area (Å²) in [5.74, 6) is -0.799. The zero-order chi connectivity index (χ0) is 19.9. The van der Waals surface area contributed by atoms with Gasteiger partial charge in [0.2, 0.25) is 5.82 Å². The summed E-state index contributed by atoms with van der Waals surface area (Å²) in [5.41, 5.74) is -0.0886. The summed E-state index contributed by atoms with van der Waals surface area (Å²) in [6.45, 7) is 0. The lowest BCUT2D eigenvalue weighted by atomic mass is 10.0. The van der Waals surface area contributed by atoms with Crippen molar-refractivity contribution in [2.45, 2.75) is 19.0 Å². The number of H-pyrrole nitrogens is 1. The molecule has 0 spiro atoms. The Bertz CT molecular complexity index is 1140. The summed E-state index contributed by atoms with van der Waals surface area (Å²) < 4.78 is 58.7. The number of aromatic nitrogens is 4. The van der Waals surface area contributed by atoms with Crippen molar-refractivity contribution in [1.29, 1.82) is 0 Å². The van der Waals surface area contributed by atoms with E-state index in [1.54, 1.807) is 6.07 Å². The van der Waals surface area contributed by atoms with Crippen LogP contribution in [-0.2, 0) is 19.0 Å². The molecular weight excluding hydrogens is 380 g/mol. The van der Waals surface area contributed by atoms with E-state index in [0.717, 1.165) is 12.1 Å². The topological polar surface area (TPSA) is 87.8 Å². The van der Waals surface area contributed by atoms with Crippen LogP contribution in [0.1, 0.15) is 16.7 Å². The number of fused-ring (bicyclic) bond motifs is 1. The first-order valence-electron chi connectivity index (χ1n) is 8.16. The van der Waals surface area contributed by atoms with Crippen LogP contribution in [-0.4, -0.2) is 25.7 Å². The third-order valence-corrected chi connectivity index (χ3v) is 4.30. The Morgan fingerprint density at radius 2 is 1.89 bits per heavy atom. The average molecular weight is 392 g/mol. The molecule has 0 amide bonds. The number of benzene rings is 2. The van der Waals surface area contributed by atoms with Crippen LogP contribution in [0.25, 0.3) is 22.6 Å². The second kappa shape index (κ2) is 6.63. The molecule has 144 valence electrons. The van der Waals surface area contributed by atoms with E-state index in [9.17, 15) is 22.7 Å². The number of rotatable bonds is 4. The molecule has 4 aromatic rings. The van der Waals surface area contributed by atoms with Crippen LogP contribution in [0.2, 0.25) is 0 Å². The Morgan fingerprint density at radius 1 is 1.07 bits per heavy atom. The van der Waals surface area contributed by atoms with Gasteiger partial charge in [-0.25, -0.2) is 4.39 Å². The third-order valence-electron chi connectivity index (χ3n) is 4.30. The standard InChI is InChI=1S/C18H12F4N4O2/c19-13-6-11-8-16(17-23-25-26-24-17)28-15(11)7-10(13)3-1-9-2-4-14(27)12(5-9)18(20,21)22/h2,4-8,27H,1,3H2,(H,23,24,25,26). The maximum atomic E-state index is 14.4. The second-order valence-corrected chi connectivity index (χ2v) is 6.18. The van der Waals surface area contributed by atoms with Gasteiger partial charge in [0.1, 0.15) is 17.1 Å². The van der Waals surface area contributed by atoms with E-state index in [1.807, 2.05) is 0 Å². The molecular formula is C18H12F4N4O2. The number of aromatic amines is 1. The highest BCUT2D eigenvalue weighted by molar-refractivity contribution is 5.82. The highest BCUT2D eigenvalue weighted by atomic mass is 19.4. The van der Waals surface area contributed by atoms with Crippen molar-refractivity contribution in [2.75, 3.05) is 0 Å². The number of phenols is 1. The van der Waals surface area contributed by atoms with Gasteiger partial charge in [-0.2, -0.15) is 18.4 Å². The molecule has 28 heavy (non-hydrogen) atoms. The van der Waals surface area contributed by atoms with E-state index in [0.29, 0.717) is 27.9 Å². The van der Waals surface area contributed by atoms with Crippen molar-refractivity contribution in [3.8, 4) is 17.3 Å². The molecule has 0 atom stereocenters. The summed E-state index contributed by atoms with van der Waals surface area (Å²) in [6.07, 6.45) is -4.35. The maximum Gasteiger partial charge on any atom is 0.419 e. The van der Waals surface area contributed by atoms with Gasteiger partial charge in [0.25, 0.3) is 0 Å². The minimum absolute atomic E-state index is 0.155. The van der Waals surface area contributed by atoms with E-state index >= 15 is 0 Å².